The summed E-state index contributed by atoms with van der Waals surface area (Å²) in [5.74, 6) is -0.323. The summed E-state index contributed by atoms with van der Waals surface area (Å²) in [6, 6.07) is 1.44. The van der Waals surface area contributed by atoms with Crippen LogP contribution in [-0.4, -0.2) is 17.0 Å². The van der Waals surface area contributed by atoms with Gasteiger partial charge in [0.05, 0.1) is 6.54 Å². The Balaban J connectivity index is 2.61. The van der Waals surface area contributed by atoms with E-state index in [0.717, 1.165) is 6.42 Å². The Kier molecular flexibility index (Phi) is 4.31. The van der Waals surface area contributed by atoms with Crippen LogP contribution in [0.5, 0.6) is 0 Å². The minimum atomic E-state index is -1.02. The number of amides is 1. The van der Waals surface area contributed by atoms with E-state index in [4.69, 9.17) is 9.52 Å². The Bertz CT molecular complexity index is 422. The fourth-order valence-electron chi connectivity index (χ4n) is 1.38. The summed E-state index contributed by atoms with van der Waals surface area (Å²) in [5, 5.41) is 11.5. The number of nitrogens with one attached hydrogen (secondary N) is 1. The number of carboxylic acid groups (broad SMARTS) is 1. The first-order chi connectivity index (χ1) is 7.95. The number of furan rings is 1. The second-order valence-corrected chi connectivity index (χ2v) is 4.01. The quantitative estimate of drug-likeness (QED) is 0.823. The lowest BCUT2D eigenvalue weighted by Gasteiger charge is -2.08. The van der Waals surface area contributed by atoms with Gasteiger partial charge in [0.15, 0.2) is 0 Å². The molecule has 0 aromatic carbocycles. The molecule has 5 nitrogen and oxygen atoms in total. The summed E-state index contributed by atoms with van der Waals surface area (Å²) >= 11 is 0. The minimum absolute atomic E-state index is 0.0509. The van der Waals surface area contributed by atoms with Crippen molar-refractivity contribution in [3.05, 3.63) is 23.2 Å². The number of hydrogen-bond donors (Lipinski definition) is 2. The van der Waals surface area contributed by atoms with E-state index in [1.807, 2.05) is 13.8 Å². The molecule has 17 heavy (non-hydrogen) atoms. The van der Waals surface area contributed by atoms with Crippen LogP contribution in [0.2, 0.25) is 0 Å². The highest BCUT2D eigenvalue weighted by Crippen LogP contribution is 2.14. The average Bonchev–Trinajstić information content (AvgIpc) is 2.66. The van der Waals surface area contributed by atoms with Gasteiger partial charge in [0.1, 0.15) is 17.1 Å². The first-order valence-corrected chi connectivity index (χ1v) is 5.56. The van der Waals surface area contributed by atoms with Gasteiger partial charge in [0, 0.05) is 5.92 Å². The first-order valence-electron chi connectivity index (χ1n) is 5.56. The summed E-state index contributed by atoms with van der Waals surface area (Å²) in [7, 11) is 0. The predicted molar refractivity (Wildman–Crippen MR) is 61.7 cm³/mol. The second-order valence-electron chi connectivity index (χ2n) is 4.01. The van der Waals surface area contributed by atoms with Gasteiger partial charge >= 0.3 is 5.97 Å². The summed E-state index contributed by atoms with van der Waals surface area (Å²) in [6.07, 6.45) is 0.767. The van der Waals surface area contributed by atoms with Crippen molar-refractivity contribution < 1.29 is 19.1 Å². The van der Waals surface area contributed by atoms with Crippen LogP contribution in [0, 0.1) is 12.8 Å². The Morgan fingerprint density at radius 3 is 2.65 bits per heavy atom. The van der Waals surface area contributed by atoms with Gasteiger partial charge in [-0.3, -0.25) is 4.79 Å². The normalized spacial score (nSPS) is 12.2. The van der Waals surface area contributed by atoms with Crippen LogP contribution in [0.15, 0.2) is 10.5 Å². The van der Waals surface area contributed by atoms with E-state index in [-0.39, 0.29) is 23.9 Å². The van der Waals surface area contributed by atoms with Crippen molar-refractivity contribution in [2.24, 2.45) is 5.92 Å². The van der Waals surface area contributed by atoms with E-state index in [1.54, 1.807) is 6.92 Å². The summed E-state index contributed by atoms with van der Waals surface area (Å²) in [5.41, 5.74) is 0.137. The highest BCUT2D eigenvalue weighted by molar-refractivity contribution is 5.88. The second kappa shape index (κ2) is 5.52. The molecule has 0 saturated carbocycles. The predicted octanol–water partition coefficient (Wildman–Crippen LogP) is 1.95. The van der Waals surface area contributed by atoms with Gasteiger partial charge in [0.25, 0.3) is 0 Å². The SMILES string of the molecule is CCC(C)C(=O)NCc1cc(C(=O)O)c(C)o1. The lowest BCUT2D eigenvalue weighted by atomic mass is 10.1. The van der Waals surface area contributed by atoms with Gasteiger partial charge in [-0.05, 0) is 19.4 Å². The maximum atomic E-state index is 11.5. The van der Waals surface area contributed by atoms with Crippen molar-refractivity contribution in [1.29, 1.82) is 0 Å². The van der Waals surface area contributed by atoms with Crippen molar-refractivity contribution in [1.82, 2.24) is 5.32 Å². The maximum absolute atomic E-state index is 11.5. The number of carboxylic acids is 1. The van der Waals surface area contributed by atoms with E-state index in [9.17, 15) is 9.59 Å². The smallest absolute Gasteiger partial charge is 0.339 e. The largest absolute Gasteiger partial charge is 0.478 e. The molecule has 0 fully saturated rings. The molecular formula is C12H17NO4. The minimum Gasteiger partial charge on any atom is -0.478 e. The van der Waals surface area contributed by atoms with Crippen LogP contribution >= 0.6 is 0 Å². The lowest BCUT2D eigenvalue weighted by Crippen LogP contribution is -2.28. The molecule has 94 valence electrons. The van der Waals surface area contributed by atoms with Crippen LogP contribution in [0.1, 0.15) is 42.1 Å². The molecule has 1 unspecified atom stereocenters. The van der Waals surface area contributed by atoms with Crippen molar-refractivity contribution in [3.8, 4) is 0 Å². The standard InChI is InChI=1S/C12H17NO4/c1-4-7(2)11(14)13-6-9-5-10(12(15)16)8(3)17-9/h5,7H,4,6H2,1-3H3,(H,13,14)(H,15,16). The van der Waals surface area contributed by atoms with Crippen LogP contribution < -0.4 is 5.32 Å². The third kappa shape index (κ3) is 3.34. The highest BCUT2D eigenvalue weighted by atomic mass is 16.4. The molecular weight excluding hydrogens is 222 g/mol. The van der Waals surface area contributed by atoms with E-state index in [2.05, 4.69) is 5.32 Å². The van der Waals surface area contributed by atoms with Crippen LogP contribution in [0.25, 0.3) is 0 Å². The Morgan fingerprint density at radius 2 is 2.18 bits per heavy atom. The molecule has 0 bridgehead atoms. The molecule has 5 heteroatoms. The molecule has 2 N–H and O–H groups in total. The van der Waals surface area contributed by atoms with Gasteiger partial charge in [-0.15, -0.1) is 0 Å². The van der Waals surface area contributed by atoms with E-state index >= 15 is 0 Å². The van der Waals surface area contributed by atoms with Crippen LogP contribution in [0.4, 0.5) is 0 Å². The topological polar surface area (TPSA) is 79.5 Å². The number of carbonyl (C=O) groups is 2. The van der Waals surface area contributed by atoms with Gasteiger partial charge < -0.3 is 14.8 Å². The maximum Gasteiger partial charge on any atom is 0.339 e. The molecule has 1 atom stereocenters. The number of aryl methyl sites for hydroxylation is 1. The molecule has 0 radical (unpaired) electrons. The van der Waals surface area contributed by atoms with Crippen molar-refractivity contribution in [2.45, 2.75) is 33.7 Å². The Hall–Kier alpha value is -1.78. The molecule has 0 aliphatic heterocycles. The van der Waals surface area contributed by atoms with Gasteiger partial charge in [-0.25, -0.2) is 4.79 Å². The van der Waals surface area contributed by atoms with Crippen LogP contribution in [-0.2, 0) is 11.3 Å². The van der Waals surface area contributed by atoms with Crippen LogP contribution in [0.3, 0.4) is 0 Å². The molecule has 0 saturated heterocycles. The summed E-state index contributed by atoms with van der Waals surface area (Å²) < 4.78 is 5.24. The highest BCUT2D eigenvalue weighted by Gasteiger charge is 2.15. The third-order valence-electron chi connectivity index (χ3n) is 2.70. The number of hydrogen-bond acceptors (Lipinski definition) is 3. The van der Waals surface area contributed by atoms with Gasteiger partial charge in [-0.2, -0.15) is 0 Å². The fraction of sp³-hybridized carbons (Fsp3) is 0.500. The van der Waals surface area contributed by atoms with E-state index in [0.29, 0.717) is 11.5 Å². The Morgan fingerprint density at radius 1 is 1.53 bits per heavy atom. The molecule has 1 aromatic heterocycles. The number of aromatic carboxylic acids is 1. The average molecular weight is 239 g/mol. The first kappa shape index (κ1) is 13.3. The summed E-state index contributed by atoms with van der Waals surface area (Å²) in [6.45, 7) is 5.58. The molecule has 1 heterocycles. The summed E-state index contributed by atoms with van der Waals surface area (Å²) in [4.78, 5) is 22.3. The monoisotopic (exact) mass is 239 g/mol. The van der Waals surface area contributed by atoms with E-state index < -0.39 is 5.97 Å². The van der Waals surface area contributed by atoms with Crippen molar-refractivity contribution >= 4 is 11.9 Å². The zero-order valence-electron chi connectivity index (χ0n) is 10.2. The number of rotatable bonds is 5. The molecule has 0 aliphatic rings. The van der Waals surface area contributed by atoms with Gasteiger partial charge in [-0.1, -0.05) is 13.8 Å². The third-order valence-corrected chi connectivity index (χ3v) is 2.70. The zero-order chi connectivity index (χ0) is 13.0. The number of carbonyl (C=O) groups excluding carboxylic acids is 1. The molecule has 1 aromatic rings. The fourth-order valence-corrected chi connectivity index (χ4v) is 1.38. The van der Waals surface area contributed by atoms with Gasteiger partial charge in [0.2, 0.25) is 5.91 Å². The Labute approximate surface area is 99.8 Å². The van der Waals surface area contributed by atoms with Crippen molar-refractivity contribution in [3.63, 3.8) is 0 Å². The lowest BCUT2D eigenvalue weighted by molar-refractivity contribution is -0.124. The molecule has 0 spiro atoms. The molecule has 1 rings (SSSR count). The molecule has 0 aliphatic carbocycles. The molecule has 1 amide bonds. The zero-order valence-corrected chi connectivity index (χ0v) is 10.2. The van der Waals surface area contributed by atoms with Crippen molar-refractivity contribution in [2.75, 3.05) is 0 Å². The van der Waals surface area contributed by atoms with E-state index in [1.165, 1.54) is 6.07 Å².